The lowest BCUT2D eigenvalue weighted by Gasteiger charge is -2.07. The molecule has 0 aliphatic rings. The molecule has 0 aliphatic carbocycles. The first-order valence-electron chi connectivity index (χ1n) is 7.51. The number of benzene rings is 2. The van der Waals surface area contributed by atoms with Crippen LogP contribution in [0, 0.1) is 6.92 Å². The Morgan fingerprint density at radius 2 is 1.83 bits per heavy atom. The summed E-state index contributed by atoms with van der Waals surface area (Å²) in [5.41, 5.74) is 8.63. The summed E-state index contributed by atoms with van der Waals surface area (Å²) in [6.45, 7) is 2.02. The number of aromatic nitrogens is 3. The van der Waals surface area contributed by atoms with E-state index >= 15 is 0 Å². The van der Waals surface area contributed by atoms with Gasteiger partial charge in [-0.05, 0) is 36.8 Å². The number of anilines is 3. The average molecular weight is 317 g/mol. The summed E-state index contributed by atoms with van der Waals surface area (Å²) in [6, 6.07) is 17.6. The summed E-state index contributed by atoms with van der Waals surface area (Å²) in [5.74, 6) is 1.46. The first kappa shape index (κ1) is 14.2. The molecule has 24 heavy (non-hydrogen) atoms. The maximum Gasteiger partial charge on any atom is 0.232 e. The van der Waals surface area contributed by atoms with Gasteiger partial charge in [-0.15, -0.1) is 0 Å². The van der Waals surface area contributed by atoms with Crippen LogP contribution in [0.2, 0.25) is 0 Å². The number of hydrogen-bond acceptors (Lipinski definition) is 6. The molecule has 0 spiro atoms. The van der Waals surface area contributed by atoms with Gasteiger partial charge in [0.05, 0.1) is 0 Å². The minimum absolute atomic E-state index is 0.135. The van der Waals surface area contributed by atoms with Gasteiger partial charge in [0.1, 0.15) is 5.58 Å². The molecule has 0 aliphatic heterocycles. The van der Waals surface area contributed by atoms with Crippen LogP contribution in [0.15, 0.2) is 59.0 Å². The number of hydrogen-bond donors (Lipinski definition) is 2. The van der Waals surface area contributed by atoms with E-state index in [2.05, 4.69) is 20.3 Å². The Labute approximate surface area is 138 Å². The Hall–Kier alpha value is -3.41. The van der Waals surface area contributed by atoms with Crippen molar-refractivity contribution < 1.29 is 4.42 Å². The highest BCUT2D eigenvalue weighted by Gasteiger charge is 2.12. The van der Waals surface area contributed by atoms with Crippen molar-refractivity contribution in [1.29, 1.82) is 0 Å². The van der Waals surface area contributed by atoms with Gasteiger partial charge < -0.3 is 15.5 Å². The standard InChI is InChI=1S/C18H15N5O/c1-11-5-4-7-13(9-11)20-18-22-16(21-17(19)23-18)15-10-12-6-2-3-8-14(12)24-15/h2-10H,1H3,(H3,19,20,21,22,23). The average Bonchev–Trinajstić information content (AvgIpc) is 2.98. The molecule has 6 heteroatoms. The fraction of sp³-hybridized carbons (Fsp3) is 0.0556. The molecule has 0 amide bonds. The van der Waals surface area contributed by atoms with Crippen LogP contribution in [0.1, 0.15) is 5.56 Å². The molecule has 2 heterocycles. The SMILES string of the molecule is Cc1cccc(Nc2nc(N)nc(-c3cc4ccccc4o3)n2)c1. The Morgan fingerprint density at radius 3 is 2.67 bits per heavy atom. The molecule has 6 nitrogen and oxygen atoms in total. The Morgan fingerprint density at radius 1 is 0.958 bits per heavy atom. The largest absolute Gasteiger partial charge is 0.453 e. The second-order valence-corrected chi connectivity index (χ2v) is 5.48. The van der Waals surface area contributed by atoms with Crippen molar-refractivity contribution in [1.82, 2.24) is 15.0 Å². The lowest BCUT2D eigenvalue weighted by Crippen LogP contribution is -2.04. The molecule has 118 valence electrons. The van der Waals surface area contributed by atoms with Crippen LogP contribution in [-0.4, -0.2) is 15.0 Å². The monoisotopic (exact) mass is 317 g/mol. The van der Waals surface area contributed by atoms with E-state index in [1.165, 1.54) is 0 Å². The minimum atomic E-state index is 0.135. The van der Waals surface area contributed by atoms with Crippen molar-refractivity contribution in [2.75, 3.05) is 11.1 Å². The van der Waals surface area contributed by atoms with E-state index < -0.39 is 0 Å². The molecule has 0 saturated heterocycles. The number of nitrogen functional groups attached to an aromatic ring is 1. The Kier molecular flexibility index (Phi) is 3.35. The zero-order valence-corrected chi connectivity index (χ0v) is 13.0. The Bertz CT molecular complexity index is 992. The molecule has 0 radical (unpaired) electrons. The number of aryl methyl sites for hydroxylation is 1. The van der Waals surface area contributed by atoms with Gasteiger partial charge in [-0.25, -0.2) is 0 Å². The van der Waals surface area contributed by atoms with E-state index in [1.54, 1.807) is 0 Å². The maximum absolute atomic E-state index is 5.83. The topological polar surface area (TPSA) is 89.9 Å². The summed E-state index contributed by atoms with van der Waals surface area (Å²) in [6.07, 6.45) is 0. The van der Waals surface area contributed by atoms with Gasteiger partial charge >= 0.3 is 0 Å². The van der Waals surface area contributed by atoms with Crippen LogP contribution in [-0.2, 0) is 0 Å². The van der Waals surface area contributed by atoms with Crippen LogP contribution < -0.4 is 11.1 Å². The molecule has 0 atom stereocenters. The summed E-state index contributed by atoms with van der Waals surface area (Å²) in [5, 5.41) is 4.13. The number of furan rings is 1. The molecule has 0 saturated carbocycles. The zero-order valence-electron chi connectivity index (χ0n) is 13.0. The lowest BCUT2D eigenvalue weighted by molar-refractivity contribution is 0.625. The third kappa shape index (κ3) is 2.77. The van der Waals surface area contributed by atoms with Gasteiger partial charge in [-0.3, -0.25) is 0 Å². The van der Waals surface area contributed by atoms with Crippen LogP contribution in [0.25, 0.3) is 22.6 Å². The van der Waals surface area contributed by atoms with Gasteiger partial charge in [0.2, 0.25) is 17.7 Å². The normalized spacial score (nSPS) is 10.9. The van der Waals surface area contributed by atoms with Gasteiger partial charge in [0, 0.05) is 11.1 Å². The van der Waals surface area contributed by atoms with Gasteiger partial charge in [-0.1, -0.05) is 30.3 Å². The first-order chi connectivity index (χ1) is 11.7. The molecular formula is C18H15N5O. The molecule has 4 aromatic rings. The highest BCUT2D eigenvalue weighted by molar-refractivity contribution is 5.81. The zero-order chi connectivity index (χ0) is 16.5. The van der Waals surface area contributed by atoms with E-state index in [0.29, 0.717) is 17.5 Å². The van der Waals surface area contributed by atoms with E-state index in [-0.39, 0.29) is 5.95 Å². The summed E-state index contributed by atoms with van der Waals surface area (Å²) in [7, 11) is 0. The minimum Gasteiger partial charge on any atom is -0.453 e. The predicted molar refractivity (Wildman–Crippen MR) is 93.9 cm³/mol. The lowest BCUT2D eigenvalue weighted by atomic mass is 10.2. The molecule has 0 unspecified atom stereocenters. The third-order valence-corrected chi connectivity index (χ3v) is 3.57. The smallest absolute Gasteiger partial charge is 0.232 e. The summed E-state index contributed by atoms with van der Waals surface area (Å²) >= 11 is 0. The van der Waals surface area contributed by atoms with Gasteiger partial charge in [-0.2, -0.15) is 15.0 Å². The number of nitrogens with two attached hydrogens (primary N) is 1. The molecule has 2 aromatic carbocycles. The van der Waals surface area contributed by atoms with E-state index in [1.807, 2.05) is 61.5 Å². The number of rotatable bonds is 3. The van der Waals surface area contributed by atoms with Crippen LogP contribution in [0.5, 0.6) is 0 Å². The molecule has 3 N–H and O–H groups in total. The summed E-state index contributed by atoms with van der Waals surface area (Å²) in [4.78, 5) is 12.7. The second-order valence-electron chi connectivity index (χ2n) is 5.48. The fourth-order valence-electron chi connectivity index (χ4n) is 2.50. The second kappa shape index (κ2) is 5.66. The fourth-order valence-corrected chi connectivity index (χ4v) is 2.50. The van der Waals surface area contributed by atoms with E-state index in [4.69, 9.17) is 10.2 Å². The highest BCUT2D eigenvalue weighted by atomic mass is 16.3. The van der Waals surface area contributed by atoms with Crippen molar-refractivity contribution in [3.05, 3.63) is 60.2 Å². The molecule has 4 rings (SSSR count). The summed E-state index contributed by atoms with van der Waals surface area (Å²) < 4.78 is 5.80. The number of fused-ring (bicyclic) bond motifs is 1. The quantitative estimate of drug-likeness (QED) is 0.595. The number of para-hydroxylation sites is 1. The van der Waals surface area contributed by atoms with Crippen molar-refractivity contribution in [2.45, 2.75) is 6.92 Å². The molecule has 2 aromatic heterocycles. The highest BCUT2D eigenvalue weighted by Crippen LogP contribution is 2.26. The van der Waals surface area contributed by atoms with E-state index in [9.17, 15) is 0 Å². The van der Waals surface area contributed by atoms with Crippen molar-refractivity contribution in [2.24, 2.45) is 0 Å². The van der Waals surface area contributed by atoms with Crippen molar-refractivity contribution in [3.63, 3.8) is 0 Å². The third-order valence-electron chi connectivity index (χ3n) is 3.57. The maximum atomic E-state index is 5.83. The Balaban J connectivity index is 1.73. The molecule has 0 fully saturated rings. The van der Waals surface area contributed by atoms with Gasteiger partial charge in [0.15, 0.2) is 5.76 Å². The predicted octanol–water partition coefficient (Wildman–Crippen LogP) is 3.92. The molecule has 0 bridgehead atoms. The number of nitrogens with zero attached hydrogens (tertiary/aromatic N) is 3. The molecular weight excluding hydrogens is 302 g/mol. The van der Waals surface area contributed by atoms with Gasteiger partial charge in [0.25, 0.3) is 0 Å². The van der Waals surface area contributed by atoms with Crippen LogP contribution in [0.4, 0.5) is 17.6 Å². The number of nitrogens with one attached hydrogen (secondary N) is 1. The van der Waals surface area contributed by atoms with Crippen molar-refractivity contribution >= 4 is 28.6 Å². The van der Waals surface area contributed by atoms with Crippen LogP contribution >= 0.6 is 0 Å². The van der Waals surface area contributed by atoms with Crippen LogP contribution in [0.3, 0.4) is 0 Å². The van der Waals surface area contributed by atoms with Crippen molar-refractivity contribution in [3.8, 4) is 11.6 Å². The first-order valence-corrected chi connectivity index (χ1v) is 7.51. The van der Waals surface area contributed by atoms with E-state index in [0.717, 1.165) is 22.2 Å².